The minimum atomic E-state index is -3.43. The molecule has 0 saturated carbocycles. The van der Waals surface area contributed by atoms with Crippen molar-refractivity contribution in [1.82, 2.24) is 0 Å². The van der Waals surface area contributed by atoms with E-state index in [1.54, 1.807) is 12.1 Å². The van der Waals surface area contributed by atoms with Crippen molar-refractivity contribution < 1.29 is 57.9 Å². The molecular weight excluding hydrogens is 1060 g/mol. The van der Waals surface area contributed by atoms with Gasteiger partial charge < -0.3 is 43.8 Å². The van der Waals surface area contributed by atoms with E-state index in [-0.39, 0.29) is 79.1 Å². The largest absolute Gasteiger partial charge is 0.422 e. The summed E-state index contributed by atoms with van der Waals surface area (Å²) >= 11 is 0. The Balaban J connectivity index is 2.01. The zero-order chi connectivity index (χ0) is 60.7. The van der Waals surface area contributed by atoms with Crippen molar-refractivity contribution in [3.05, 3.63) is 57.6 Å². The van der Waals surface area contributed by atoms with Crippen LogP contribution in [0.5, 0.6) is 11.5 Å². The van der Waals surface area contributed by atoms with Gasteiger partial charge in [-0.1, -0.05) is 238 Å². The second-order valence-electron chi connectivity index (χ2n) is 29.3. The van der Waals surface area contributed by atoms with Gasteiger partial charge in [0.15, 0.2) is 0 Å². The van der Waals surface area contributed by atoms with Gasteiger partial charge in [0.05, 0.1) is 25.2 Å². The van der Waals surface area contributed by atoms with Crippen LogP contribution in [0.1, 0.15) is 307 Å². The van der Waals surface area contributed by atoms with E-state index in [2.05, 4.69) is 111 Å². The van der Waals surface area contributed by atoms with Crippen LogP contribution in [0.15, 0.2) is 24.3 Å². The third-order valence-corrected chi connectivity index (χ3v) is 20.3. The van der Waals surface area contributed by atoms with Gasteiger partial charge in [0, 0.05) is 11.1 Å². The number of fused-ring (bicyclic) bond motifs is 2. The van der Waals surface area contributed by atoms with Crippen LogP contribution in [-0.2, 0) is 14.6 Å². The molecule has 0 aromatic heterocycles. The maximum atomic E-state index is 14.5. The van der Waals surface area contributed by atoms with Crippen LogP contribution in [0.2, 0.25) is 0 Å². The summed E-state index contributed by atoms with van der Waals surface area (Å²) in [4.78, 5) is 72.2. The average molecular weight is 1170 g/mol. The molecule has 6 N–H and O–H groups in total. The van der Waals surface area contributed by atoms with Gasteiger partial charge in [-0.15, -0.1) is 0 Å². The minimum Gasteiger partial charge on any atom is -0.422 e. The number of carbonyl (C=O) groups excluding carboxylic acids is 2. The quantitative estimate of drug-likeness (QED) is 0.0212. The van der Waals surface area contributed by atoms with Gasteiger partial charge in [0.2, 0.25) is 0 Å². The van der Waals surface area contributed by atoms with Crippen LogP contribution < -0.4 is 9.47 Å². The first kappa shape index (κ1) is 71.4. The zero-order valence-corrected chi connectivity index (χ0v) is 55.3. The molecule has 0 spiro atoms. The number of aliphatic hydroxyl groups excluding tert-OH is 2. The molecule has 0 bridgehead atoms. The molecule has 0 amide bonds. The summed E-state index contributed by atoms with van der Waals surface area (Å²) in [7, 11) is -6.53. The lowest BCUT2D eigenvalue weighted by Gasteiger charge is -2.51. The van der Waals surface area contributed by atoms with Crippen LogP contribution in [0.25, 0.3) is 0 Å². The predicted molar refractivity (Wildman–Crippen MR) is 331 cm³/mol. The predicted octanol–water partition coefficient (Wildman–Crippen LogP) is 17.9. The number of aliphatic hydroxyl groups is 2. The highest BCUT2D eigenvalue weighted by molar-refractivity contribution is 7.39. The SMILES string of the molecule is CCCCCCCCCCC(CC(CC(C)C(C)(C)C)c1ccc(C(OP(O)O)(c2ccc(C(CC(C)C(C)(C)C)CC(CCCCCCCCCC)C(C)(C)C)c3c2C(=O)O3)C(CO)(CO)COP(O)O)c2c1OC2=O)C(C)(C)C. The molecule has 2 aromatic rings. The van der Waals surface area contributed by atoms with E-state index < -0.39 is 60.0 Å². The minimum absolute atomic E-state index is 0.000324. The highest BCUT2D eigenvalue weighted by Gasteiger charge is 2.62. The molecule has 0 saturated heterocycles. The summed E-state index contributed by atoms with van der Waals surface area (Å²) < 4.78 is 24.2. The van der Waals surface area contributed by atoms with Crippen molar-refractivity contribution in [3.8, 4) is 11.5 Å². The van der Waals surface area contributed by atoms with Crippen LogP contribution in [0.3, 0.4) is 0 Å². The number of rotatable bonds is 38. The van der Waals surface area contributed by atoms with Gasteiger partial charge in [-0.05, 0) is 107 Å². The topological polar surface area (TPSA) is 192 Å². The highest BCUT2D eigenvalue weighted by Crippen LogP contribution is 2.62. The fourth-order valence-electron chi connectivity index (χ4n) is 12.7. The second kappa shape index (κ2) is 31.5. The number of benzene rings is 2. The number of esters is 2. The number of carbonyl (C=O) groups is 2. The van der Waals surface area contributed by atoms with E-state index in [1.165, 1.54) is 89.9 Å². The summed E-state index contributed by atoms with van der Waals surface area (Å²) in [5, 5.41) is 23.6. The third-order valence-electron chi connectivity index (χ3n) is 19.5. The molecule has 14 heteroatoms. The molecule has 2 aliphatic rings. The lowest BCUT2D eigenvalue weighted by molar-refractivity contribution is -0.122. The lowest BCUT2D eigenvalue weighted by Crippen LogP contribution is -2.57. The highest BCUT2D eigenvalue weighted by atomic mass is 31.2. The number of hydrogen-bond donors (Lipinski definition) is 6. The van der Waals surface area contributed by atoms with E-state index in [1.807, 2.05) is 12.1 Å². The third kappa shape index (κ3) is 19.0. The molecule has 0 aliphatic carbocycles. The Kier molecular flexibility index (Phi) is 27.8. The Morgan fingerprint density at radius 1 is 0.481 bits per heavy atom. The summed E-state index contributed by atoms with van der Waals surface area (Å²) in [5.74, 6) is 0.0632. The number of hydrogen-bond acceptors (Lipinski definition) is 12. The Bertz CT molecular complexity index is 2110. The van der Waals surface area contributed by atoms with E-state index in [4.69, 9.17) is 18.5 Å². The Labute approximate surface area is 494 Å². The molecule has 0 radical (unpaired) electrons. The number of unbranched alkanes of at least 4 members (excludes halogenated alkanes) is 14. The van der Waals surface area contributed by atoms with Crippen LogP contribution >= 0.6 is 17.2 Å². The number of ether oxygens (including phenoxy) is 2. The Hall–Kier alpha value is -2.08. The molecule has 81 heavy (non-hydrogen) atoms. The molecule has 6 atom stereocenters. The van der Waals surface area contributed by atoms with Gasteiger partial charge in [-0.25, -0.2) is 9.59 Å². The molecule has 6 unspecified atom stereocenters. The van der Waals surface area contributed by atoms with Crippen molar-refractivity contribution >= 4 is 29.1 Å². The second-order valence-corrected chi connectivity index (χ2v) is 30.7. The van der Waals surface area contributed by atoms with Gasteiger partial charge in [-0.3, -0.25) is 4.52 Å². The first-order chi connectivity index (χ1) is 37.8. The van der Waals surface area contributed by atoms with Crippen LogP contribution in [0.4, 0.5) is 0 Å². The van der Waals surface area contributed by atoms with E-state index in [0.29, 0.717) is 11.8 Å². The van der Waals surface area contributed by atoms with Gasteiger partial charge in [0.25, 0.3) is 0 Å². The fraction of sp³-hybridized carbons (Fsp3) is 0.791. The Morgan fingerprint density at radius 3 is 1.11 bits per heavy atom. The molecule has 0 fully saturated rings. The first-order valence-electron chi connectivity index (χ1n) is 31.5. The van der Waals surface area contributed by atoms with Crippen molar-refractivity contribution in [2.75, 3.05) is 19.8 Å². The molecule has 2 heterocycles. The summed E-state index contributed by atoms with van der Waals surface area (Å²) in [6.07, 6.45) is 24.9. The zero-order valence-electron chi connectivity index (χ0n) is 53.5. The first-order valence-corrected chi connectivity index (χ1v) is 33.9. The smallest absolute Gasteiger partial charge is 0.347 e. The molecule has 464 valence electrons. The van der Waals surface area contributed by atoms with Crippen molar-refractivity contribution in [1.29, 1.82) is 0 Å². The van der Waals surface area contributed by atoms with Crippen LogP contribution in [0, 0.1) is 50.7 Å². The normalized spacial score (nSPS) is 17.1. The summed E-state index contributed by atoms with van der Waals surface area (Å²) in [5.41, 5.74) is -3.14. The van der Waals surface area contributed by atoms with Crippen molar-refractivity contribution in [2.45, 2.75) is 269 Å². The molecule has 4 rings (SSSR count). The molecule has 12 nitrogen and oxygen atoms in total. The standard InChI is InChI=1S/C67H114O12P2/c1-17-19-21-23-25-27-29-31-33-50(64(11,12)13)41-48(39-46(3)62(5,6)7)52-35-37-54(56-58(52)77-60(56)70)67(79-81(74)75,66(43-68,44-69)45-76-80(72)73)55-38-36-53(59-57(55)61(71)78-59)49(40-47(4)63(8,9)10)42-51(65(14,15)16)34-32-30-28-26-24-22-20-18-2/h35-38,46-51,68-69,72-75H,17-34,39-45H2,1-16H3. The van der Waals surface area contributed by atoms with Crippen molar-refractivity contribution in [2.24, 2.45) is 50.7 Å². The van der Waals surface area contributed by atoms with Crippen LogP contribution in [-0.4, -0.2) is 61.5 Å². The van der Waals surface area contributed by atoms with E-state index in [9.17, 15) is 39.4 Å². The van der Waals surface area contributed by atoms with Gasteiger partial charge in [-0.2, -0.15) is 0 Å². The van der Waals surface area contributed by atoms with E-state index >= 15 is 0 Å². The average Bonchev–Trinajstić information content (AvgIpc) is 3.55. The van der Waals surface area contributed by atoms with Gasteiger partial charge in [0.1, 0.15) is 28.2 Å². The maximum absolute atomic E-state index is 14.5. The molecular formula is C67H114O12P2. The maximum Gasteiger partial charge on any atom is 0.347 e. The molecule has 2 aromatic carbocycles. The summed E-state index contributed by atoms with van der Waals surface area (Å²) in [6.45, 7) is 33.5. The molecule has 2 aliphatic heterocycles. The monoisotopic (exact) mass is 1170 g/mol. The van der Waals surface area contributed by atoms with Crippen molar-refractivity contribution in [3.63, 3.8) is 0 Å². The lowest BCUT2D eigenvalue weighted by atomic mass is 9.62. The van der Waals surface area contributed by atoms with Gasteiger partial charge >= 0.3 is 29.1 Å². The fourth-order valence-corrected chi connectivity index (χ4v) is 13.7. The summed E-state index contributed by atoms with van der Waals surface area (Å²) in [6, 6.07) is 7.12. The van der Waals surface area contributed by atoms with E-state index in [0.717, 1.165) is 62.5 Å². The Morgan fingerprint density at radius 2 is 0.827 bits per heavy atom.